The summed E-state index contributed by atoms with van der Waals surface area (Å²) in [6.45, 7) is 0. The predicted octanol–water partition coefficient (Wildman–Crippen LogP) is 11.3. The number of hydrogen-bond acceptors (Lipinski definition) is 1. The van der Waals surface area contributed by atoms with E-state index in [0.717, 1.165) is 17.8 Å². The Labute approximate surface area is 255 Å². The minimum atomic E-state index is 0.377. The maximum Gasteiger partial charge on any atom is 0.0461 e. The first-order valence-corrected chi connectivity index (χ1v) is 14.9. The number of hydrogen-bond donors (Lipinski definition) is 0. The maximum atomic E-state index is 2.35. The van der Waals surface area contributed by atoms with Crippen molar-refractivity contribution in [3.63, 3.8) is 0 Å². The van der Waals surface area contributed by atoms with Crippen molar-refractivity contribution in [3.8, 4) is 0 Å². The number of benzene rings is 5. The summed E-state index contributed by atoms with van der Waals surface area (Å²) in [5.41, 5.74) is 9.43. The second kappa shape index (κ2) is 14.0. The van der Waals surface area contributed by atoms with E-state index in [2.05, 4.69) is 187 Å². The second-order valence-electron chi connectivity index (χ2n) is 10.7. The monoisotopic (exact) mass is 553 g/mol. The van der Waals surface area contributed by atoms with Crippen LogP contribution in [0.1, 0.15) is 34.2 Å². The van der Waals surface area contributed by atoms with Crippen LogP contribution >= 0.6 is 0 Å². The summed E-state index contributed by atoms with van der Waals surface area (Å²) in [7, 11) is 0. The van der Waals surface area contributed by atoms with Crippen molar-refractivity contribution in [2.24, 2.45) is 5.92 Å². The molecule has 0 spiro atoms. The quantitative estimate of drug-likeness (QED) is 0.164. The summed E-state index contributed by atoms with van der Waals surface area (Å²) in [6, 6.07) is 49.0. The van der Waals surface area contributed by atoms with Crippen LogP contribution in [-0.4, -0.2) is 0 Å². The molecule has 0 saturated heterocycles. The Morgan fingerprint density at radius 2 is 0.837 bits per heavy atom. The number of nitrogens with zero attached hydrogens (tertiary/aromatic N) is 1. The molecule has 43 heavy (non-hydrogen) atoms. The average Bonchev–Trinajstić information content (AvgIpc) is 3.09. The third kappa shape index (κ3) is 7.67. The van der Waals surface area contributed by atoms with Crippen molar-refractivity contribution in [2.75, 3.05) is 4.90 Å². The van der Waals surface area contributed by atoms with Gasteiger partial charge in [0.05, 0.1) is 0 Å². The van der Waals surface area contributed by atoms with Crippen LogP contribution < -0.4 is 4.90 Å². The Bertz CT molecular complexity index is 1650. The third-order valence-corrected chi connectivity index (χ3v) is 7.55. The van der Waals surface area contributed by atoms with Crippen molar-refractivity contribution in [2.45, 2.75) is 6.42 Å². The van der Waals surface area contributed by atoms with Gasteiger partial charge in [0, 0.05) is 17.1 Å². The molecule has 0 heterocycles. The summed E-state index contributed by atoms with van der Waals surface area (Å²) in [5, 5.41) is 0. The van der Waals surface area contributed by atoms with Crippen molar-refractivity contribution in [1.29, 1.82) is 0 Å². The van der Waals surface area contributed by atoms with Crippen LogP contribution in [-0.2, 0) is 0 Å². The van der Waals surface area contributed by atoms with Crippen molar-refractivity contribution in [1.82, 2.24) is 0 Å². The Kier molecular flexibility index (Phi) is 9.02. The molecule has 208 valence electrons. The molecule has 0 fully saturated rings. The van der Waals surface area contributed by atoms with E-state index in [4.69, 9.17) is 0 Å². The molecule has 0 amide bonds. The first-order valence-electron chi connectivity index (χ1n) is 14.9. The zero-order valence-corrected chi connectivity index (χ0v) is 24.2. The van der Waals surface area contributed by atoms with Crippen LogP contribution in [0.2, 0.25) is 0 Å². The van der Waals surface area contributed by atoms with Crippen LogP contribution in [0.5, 0.6) is 0 Å². The van der Waals surface area contributed by atoms with Crippen molar-refractivity contribution < 1.29 is 0 Å². The normalized spacial score (nSPS) is 14.9. The lowest BCUT2D eigenvalue weighted by Gasteiger charge is -2.28. The summed E-state index contributed by atoms with van der Waals surface area (Å²) in [5.74, 6) is 0.377. The fraction of sp³-hybridized carbons (Fsp3) is 0.0476. The summed E-state index contributed by atoms with van der Waals surface area (Å²) < 4.78 is 0. The fourth-order valence-corrected chi connectivity index (χ4v) is 5.16. The fourth-order valence-electron chi connectivity index (χ4n) is 5.16. The maximum absolute atomic E-state index is 2.35. The minimum Gasteiger partial charge on any atom is -0.311 e. The van der Waals surface area contributed by atoms with Gasteiger partial charge < -0.3 is 4.90 Å². The summed E-state index contributed by atoms with van der Waals surface area (Å²) >= 11 is 0. The smallest absolute Gasteiger partial charge is 0.0461 e. The molecule has 1 nitrogen and oxygen atoms in total. The van der Waals surface area contributed by atoms with Gasteiger partial charge in [-0.05, 0) is 70.5 Å². The molecule has 1 heteroatoms. The predicted molar refractivity (Wildman–Crippen MR) is 187 cm³/mol. The van der Waals surface area contributed by atoms with E-state index >= 15 is 0 Å². The van der Waals surface area contributed by atoms with Gasteiger partial charge in [-0.15, -0.1) is 0 Å². The van der Waals surface area contributed by atoms with Gasteiger partial charge in [-0.25, -0.2) is 0 Å². The molecular formula is C42H35N. The van der Waals surface area contributed by atoms with Crippen LogP contribution in [0.4, 0.5) is 11.4 Å². The third-order valence-electron chi connectivity index (χ3n) is 7.55. The van der Waals surface area contributed by atoms with Gasteiger partial charge in [0.2, 0.25) is 0 Å². The Morgan fingerprint density at radius 3 is 1.23 bits per heavy atom. The minimum absolute atomic E-state index is 0.377. The zero-order valence-electron chi connectivity index (χ0n) is 24.2. The molecule has 0 N–H and O–H groups in total. The molecule has 1 unspecified atom stereocenters. The molecular weight excluding hydrogens is 518 g/mol. The van der Waals surface area contributed by atoms with E-state index in [-0.39, 0.29) is 0 Å². The highest BCUT2D eigenvalue weighted by atomic mass is 15.1. The van der Waals surface area contributed by atoms with Crippen LogP contribution in [0.25, 0.3) is 30.4 Å². The average molecular weight is 554 g/mol. The number of anilines is 2. The Morgan fingerprint density at radius 1 is 0.442 bits per heavy atom. The molecule has 0 bridgehead atoms. The molecule has 0 aromatic heterocycles. The number of rotatable bonds is 9. The van der Waals surface area contributed by atoms with Crippen molar-refractivity contribution in [3.05, 3.63) is 197 Å². The van der Waals surface area contributed by atoms with Gasteiger partial charge in [-0.2, -0.15) is 0 Å². The Balaban J connectivity index is 1.24. The van der Waals surface area contributed by atoms with E-state index in [9.17, 15) is 0 Å². The van der Waals surface area contributed by atoms with Gasteiger partial charge in [-0.1, -0.05) is 164 Å². The molecule has 0 radical (unpaired) electrons. The highest BCUT2D eigenvalue weighted by molar-refractivity contribution is 5.76. The molecule has 5 aromatic rings. The lowest BCUT2D eigenvalue weighted by Crippen LogP contribution is -2.17. The highest BCUT2D eigenvalue weighted by Gasteiger charge is 2.16. The van der Waals surface area contributed by atoms with E-state index in [1.165, 1.54) is 33.5 Å². The highest BCUT2D eigenvalue weighted by Crippen LogP contribution is 2.34. The molecule has 5 aromatic carbocycles. The van der Waals surface area contributed by atoms with Crippen LogP contribution in [0, 0.1) is 5.92 Å². The molecule has 1 atom stereocenters. The molecule has 0 saturated carbocycles. The molecule has 0 aliphatic heterocycles. The van der Waals surface area contributed by atoms with Gasteiger partial charge in [-0.3, -0.25) is 0 Å². The lowest BCUT2D eigenvalue weighted by atomic mass is 9.97. The van der Waals surface area contributed by atoms with Gasteiger partial charge in [0.25, 0.3) is 0 Å². The first-order chi connectivity index (χ1) is 21.3. The second-order valence-corrected chi connectivity index (χ2v) is 10.7. The standard InChI is InChI=1S/C42H35N/c1-4-10-34(11-5-1)16-19-37-22-28-40(29-23-37)43(41-30-24-38(25-31-41)20-17-35-12-6-2-7-13-35)42-32-26-39(27-33-42)21-18-36-14-8-3-9-15-36/h1-26,28-33,39H,27H2/b19-16+,20-17+,21-18+. The molecule has 1 aliphatic carbocycles. The SMILES string of the molecule is C1=CC(/C=C/c2ccccc2)CC=C1N(c1ccc(/C=C/c2ccccc2)cc1)c1ccc(/C=C/c2ccccc2)cc1. The number of allylic oxidation sites excluding steroid dienone is 4. The van der Waals surface area contributed by atoms with Gasteiger partial charge in [0.15, 0.2) is 0 Å². The Hall–Kier alpha value is -5.40. The van der Waals surface area contributed by atoms with Crippen molar-refractivity contribution >= 4 is 41.8 Å². The van der Waals surface area contributed by atoms with Gasteiger partial charge >= 0.3 is 0 Å². The largest absolute Gasteiger partial charge is 0.311 e. The molecule has 6 rings (SSSR count). The first kappa shape index (κ1) is 27.8. The van der Waals surface area contributed by atoms with E-state index in [0.29, 0.717) is 5.92 Å². The van der Waals surface area contributed by atoms with Gasteiger partial charge in [0.1, 0.15) is 0 Å². The van der Waals surface area contributed by atoms with E-state index in [1.807, 2.05) is 12.1 Å². The molecule has 1 aliphatic rings. The van der Waals surface area contributed by atoms with E-state index < -0.39 is 0 Å². The van der Waals surface area contributed by atoms with Crippen LogP contribution in [0.15, 0.2) is 170 Å². The van der Waals surface area contributed by atoms with Crippen LogP contribution in [0.3, 0.4) is 0 Å². The lowest BCUT2D eigenvalue weighted by molar-refractivity contribution is 0.813. The van der Waals surface area contributed by atoms with E-state index in [1.54, 1.807) is 0 Å². The zero-order chi connectivity index (χ0) is 29.1. The topological polar surface area (TPSA) is 3.24 Å². The summed E-state index contributed by atoms with van der Waals surface area (Å²) in [4.78, 5) is 2.35. The summed E-state index contributed by atoms with van der Waals surface area (Å²) in [6.07, 6.45) is 21.1.